The van der Waals surface area contributed by atoms with Crippen molar-refractivity contribution in [1.29, 1.82) is 5.26 Å². The quantitative estimate of drug-likeness (QED) is 0.465. The second kappa shape index (κ2) is 8.28. The van der Waals surface area contributed by atoms with Crippen molar-refractivity contribution in [3.8, 4) is 11.8 Å². The molecule has 34 heavy (non-hydrogen) atoms. The van der Waals surface area contributed by atoms with Gasteiger partial charge in [0.15, 0.2) is 5.60 Å². The van der Waals surface area contributed by atoms with Gasteiger partial charge < -0.3 is 14.0 Å². The highest BCUT2D eigenvalue weighted by Gasteiger charge is 2.69. The molecule has 0 radical (unpaired) electrons. The second-order valence-electron chi connectivity index (χ2n) is 8.81. The van der Waals surface area contributed by atoms with Crippen molar-refractivity contribution in [3.05, 3.63) is 54.4 Å². The summed E-state index contributed by atoms with van der Waals surface area (Å²) in [4.78, 5) is 17.6. The van der Waals surface area contributed by atoms with Crippen molar-refractivity contribution in [2.75, 3.05) is 11.5 Å². The van der Waals surface area contributed by atoms with Gasteiger partial charge >= 0.3 is 12.1 Å². The van der Waals surface area contributed by atoms with Crippen LogP contribution in [-0.2, 0) is 11.3 Å². The van der Waals surface area contributed by atoms with E-state index < -0.39 is 17.7 Å². The normalized spacial score (nSPS) is 23.8. The van der Waals surface area contributed by atoms with Gasteiger partial charge in [-0.1, -0.05) is 12.1 Å². The van der Waals surface area contributed by atoms with Crippen molar-refractivity contribution in [2.24, 2.45) is 5.92 Å². The van der Waals surface area contributed by atoms with Crippen LogP contribution in [0.5, 0.6) is 5.75 Å². The Hall–Kier alpha value is -3.67. The number of nitriles is 1. The number of hydrogen-bond donors (Lipinski definition) is 0. The minimum Gasteiger partial charge on any atom is -0.492 e. The van der Waals surface area contributed by atoms with Crippen LogP contribution in [0.25, 0.3) is 11.0 Å². The predicted molar refractivity (Wildman–Crippen MR) is 121 cm³/mol. The van der Waals surface area contributed by atoms with E-state index in [4.69, 9.17) is 9.47 Å². The summed E-state index contributed by atoms with van der Waals surface area (Å²) < 4.78 is 44.8. The zero-order valence-electron chi connectivity index (χ0n) is 18.7. The van der Waals surface area contributed by atoms with Crippen molar-refractivity contribution >= 4 is 22.8 Å². The zero-order valence-corrected chi connectivity index (χ0v) is 18.7. The lowest BCUT2D eigenvalue weighted by atomic mass is 9.76. The van der Waals surface area contributed by atoms with Gasteiger partial charge in [-0.05, 0) is 68.9 Å². The Morgan fingerprint density at radius 2 is 2.12 bits per heavy atom. The number of anilines is 1. The van der Waals surface area contributed by atoms with Gasteiger partial charge in [0.2, 0.25) is 0 Å². The van der Waals surface area contributed by atoms with Crippen molar-refractivity contribution in [1.82, 2.24) is 9.55 Å². The van der Waals surface area contributed by atoms with Crippen LogP contribution in [0.2, 0.25) is 0 Å². The lowest BCUT2D eigenvalue weighted by molar-refractivity contribution is -0.160. The molecule has 5 rings (SSSR count). The number of imidazole rings is 1. The maximum Gasteiger partial charge on any atom is 0.420 e. The van der Waals surface area contributed by atoms with Gasteiger partial charge in [0, 0.05) is 6.54 Å². The van der Waals surface area contributed by atoms with E-state index >= 15 is 8.78 Å². The average molecular weight is 466 g/mol. The first-order valence-corrected chi connectivity index (χ1v) is 11.4. The Balaban J connectivity index is 1.44. The molecule has 1 aromatic heterocycles. The topological polar surface area (TPSA) is 80.4 Å². The Morgan fingerprint density at radius 3 is 2.91 bits per heavy atom. The number of amides is 1. The van der Waals surface area contributed by atoms with Gasteiger partial charge in [-0.2, -0.15) is 14.0 Å². The van der Waals surface area contributed by atoms with Crippen molar-refractivity contribution in [3.63, 3.8) is 0 Å². The monoisotopic (exact) mass is 466 g/mol. The summed E-state index contributed by atoms with van der Waals surface area (Å²) in [6.45, 7) is 2.48. The van der Waals surface area contributed by atoms with Gasteiger partial charge in [-0.15, -0.1) is 0 Å². The van der Waals surface area contributed by atoms with Gasteiger partial charge in [0.1, 0.15) is 5.75 Å². The number of rotatable bonds is 5. The number of para-hydroxylation sites is 2. The lowest BCUT2D eigenvalue weighted by Gasteiger charge is -2.40. The molecular weight excluding hydrogens is 442 g/mol. The number of carbonyl (C=O) groups is 1. The SMILES string of the molecule is CCOc1ccccc1N1C(=O)OC2(CCCC(Cn3cnc4ccc(C#N)cc43)C2)C1(F)F. The molecule has 176 valence electrons. The first-order chi connectivity index (χ1) is 16.4. The first kappa shape index (κ1) is 22.1. The zero-order chi connectivity index (χ0) is 23.9. The standard InChI is InChI=1S/C25H24F2N4O3/c1-2-33-22-8-4-3-7-20(22)31-23(32)34-24(25(31,26)27)11-5-6-18(13-24)15-30-16-29-19-10-9-17(14-28)12-21(19)30/h3-4,7-10,12,16,18H,2,5-6,11,13,15H2,1H3. The van der Waals surface area contributed by atoms with E-state index in [2.05, 4.69) is 11.1 Å². The highest BCUT2D eigenvalue weighted by atomic mass is 19.3. The summed E-state index contributed by atoms with van der Waals surface area (Å²) in [6.07, 6.45) is 1.93. The fourth-order valence-electron chi connectivity index (χ4n) is 5.18. The first-order valence-electron chi connectivity index (χ1n) is 11.4. The molecular formula is C25H24F2N4O3. The number of alkyl halides is 2. The molecule has 1 amide bonds. The molecule has 1 aliphatic carbocycles. The molecule has 1 aliphatic heterocycles. The van der Waals surface area contributed by atoms with E-state index in [-0.39, 0.29) is 36.8 Å². The Labute approximate surface area is 195 Å². The second-order valence-corrected chi connectivity index (χ2v) is 8.81. The van der Waals surface area contributed by atoms with Gasteiger partial charge in [0.25, 0.3) is 0 Å². The minimum atomic E-state index is -3.54. The van der Waals surface area contributed by atoms with Crippen LogP contribution in [0, 0.1) is 17.2 Å². The fraction of sp³-hybridized carbons (Fsp3) is 0.400. The Morgan fingerprint density at radius 1 is 1.29 bits per heavy atom. The highest BCUT2D eigenvalue weighted by molar-refractivity contribution is 5.93. The fourth-order valence-corrected chi connectivity index (χ4v) is 5.18. The van der Waals surface area contributed by atoms with Crippen molar-refractivity contribution in [2.45, 2.75) is 50.8 Å². The number of nitrogens with zero attached hydrogens (tertiary/aromatic N) is 4. The molecule has 9 heteroatoms. The third kappa shape index (κ3) is 3.45. The van der Waals surface area contributed by atoms with Crippen LogP contribution in [0.15, 0.2) is 48.8 Å². The van der Waals surface area contributed by atoms with Gasteiger partial charge in [-0.25, -0.2) is 14.7 Å². The molecule has 2 aromatic carbocycles. The van der Waals surface area contributed by atoms with Crippen LogP contribution >= 0.6 is 0 Å². The third-order valence-corrected chi connectivity index (χ3v) is 6.72. The molecule has 1 saturated carbocycles. The number of ether oxygens (including phenoxy) is 2. The van der Waals surface area contributed by atoms with Gasteiger partial charge in [-0.3, -0.25) is 0 Å². The van der Waals surface area contributed by atoms with E-state index in [0.29, 0.717) is 23.4 Å². The molecule has 1 spiro atoms. The summed E-state index contributed by atoms with van der Waals surface area (Å²) in [5.41, 5.74) is 0.111. The van der Waals surface area contributed by atoms with Crippen LogP contribution in [0.3, 0.4) is 0 Å². The number of fused-ring (bicyclic) bond motifs is 1. The number of carbonyl (C=O) groups excluding carboxylic acids is 1. The molecule has 3 aromatic rings. The third-order valence-electron chi connectivity index (χ3n) is 6.72. The number of hydrogen-bond acceptors (Lipinski definition) is 5. The molecule has 0 bridgehead atoms. The molecule has 2 heterocycles. The molecule has 1 saturated heterocycles. The Kier molecular flexibility index (Phi) is 5.39. The molecule has 2 atom stereocenters. The summed E-state index contributed by atoms with van der Waals surface area (Å²) in [7, 11) is 0. The predicted octanol–water partition coefficient (Wildman–Crippen LogP) is 5.49. The van der Waals surface area contributed by atoms with E-state index in [1.807, 2.05) is 4.57 Å². The van der Waals surface area contributed by atoms with E-state index in [1.165, 1.54) is 6.07 Å². The van der Waals surface area contributed by atoms with Crippen LogP contribution in [-0.4, -0.2) is 33.9 Å². The summed E-state index contributed by atoms with van der Waals surface area (Å²) >= 11 is 0. The van der Waals surface area contributed by atoms with E-state index in [0.717, 1.165) is 17.5 Å². The number of benzene rings is 2. The maximum atomic E-state index is 16.0. The van der Waals surface area contributed by atoms with Crippen molar-refractivity contribution < 1.29 is 23.0 Å². The molecule has 2 fully saturated rings. The molecule has 2 unspecified atom stereocenters. The van der Waals surface area contributed by atoms with Crippen LogP contribution in [0.1, 0.15) is 38.2 Å². The van der Waals surface area contributed by atoms with Crippen LogP contribution in [0.4, 0.5) is 19.3 Å². The Bertz CT molecular complexity index is 1280. The summed E-state index contributed by atoms with van der Waals surface area (Å²) in [5, 5.41) is 9.22. The van der Waals surface area contributed by atoms with Crippen LogP contribution < -0.4 is 9.64 Å². The average Bonchev–Trinajstić information content (AvgIpc) is 3.29. The molecule has 2 aliphatic rings. The number of halogens is 2. The lowest BCUT2D eigenvalue weighted by Crippen LogP contribution is -2.54. The van der Waals surface area contributed by atoms with E-state index in [9.17, 15) is 10.1 Å². The number of aromatic nitrogens is 2. The maximum absolute atomic E-state index is 16.0. The molecule has 7 nitrogen and oxygen atoms in total. The van der Waals surface area contributed by atoms with Gasteiger partial charge in [0.05, 0.1) is 41.3 Å². The summed E-state index contributed by atoms with van der Waals surface area (Å²) in [6, 6.07) is 10.1. The molecule has 0 N–H and O–H groups in total. The minimum absolute atomic E-state index is 0.00276. The summed E-state index contributed by atoms with van der Waals surface area (Å²) in [5.74, 6) is 0.0573. The largest absolute Gasteiger partial charge is 0.492 e. The smallest absolute Gasteiger partial charge is 0.420 e. The highest BCUT2D eigenvalue weighted by Crippen LogP contribution is 2.54. The van der Waals surface area contributed by atoms with E-state index in [1.54, 1.807) is 49.6 Å².